The molecule has 0 bridgehead atoms. The first-order chi connectivity index (χ1) is 9.41. The maximum absolute atomic E-state index is 13.9. The third kappa shape index (κ3) is 2.89. The summed E-state index contributed by atoms with van der Waals surface area (Å²) in [5.74, 6) is -2.60. The van der Waals surface area contributed by atoms with Crippen molar-refractivity contribution >= 4 is 27.3 Å². The van der Waals surface area contributed by atoms with E-state index in [0.29, 0.717) is 13.0 Å². The van der Waals surface area contributed by atoms with Gasteiger partial charge < -0.3 is 15.2 Å². The highest BCUT2D eigenvalue weighted by Crippen LogP contribution is 2.35. The fourth-order valence-electron chi connectivity index (χ4n) is 1.91. The Morgan fingerprint density at radius 2 is 2.20 bits per heavy atom. The van der Waals surface area contributed by atoms with Gasteiger partial charge in [-0.3, -0.25) is 10.1 Å². The zero-order valence-electron chi connectivity index (χ0n) is 10.1. The number of hydrogen-bond acceptors (Lipinski definition) is 5. The van der Waals surface area contributed by atoms with Gasteiger partial charge in [-0.05, 0) is 22.4 Å². The van der Waals surface area contributed by atoms with Crippen LogP contribution in [-0.4, -0.2) is 35.4 Å². The van der Waals surface area contributed by atoms with E-state index in [-0.39, 0.29) is 11.1 Å². The smallest absolute Gasteiger partial charge is 0.296 e. The van der Waals surface area contributed by atoms with Gasteiger partial charge in [0.2, 0.25) is 0 Å². The monoisotopic (exact) mass is 352 g/mol. The quantitative estimate of drug-likeness (QED) is 0.494. The van der Waals surface area contributed by atoms with Crippen molar-refractivity contribution in [1.29, 1.82) is 0 Å². The summed E-state index contributed by atoms with van der Waals surface area (Å²) in [4.78, 5) is 10.1. The highest BCUT2D eigenvalue weighted by atomic mass is 79.9. The fraction of sp³-hybridized carbons (Fsp3) is 0.455. The number of ether oxygens (including phenoxy) is 1. The molecule has 0 radical (unpaired) electrons. The normalized spacial score (nSPS) is 22.6. The second kappa shape index (κ2) is 5.98. The van der Waals surface area contributed by atoms with Gasteiger partial charge in [0.05, 0.1) is 28.1 Å². The van der Waals surface area contributed by atoms with E-state index in [2.05, 4.69) is 21.2 Å². The summed E-state index contributed by atoms with van der Waals surface area (Å²) >= 11 is 2.72. The zero-order valence-corrected chi connectivity index (χ0v) is 11.7. The van der Waals surface area contributed by atoms with Crippen molar-refractivity contribution < 1.29 is 23.5 Å². The highest BCUT2D eigenvalue weighted by molar-refractivity contribution is 9.10. The minimum Gasteiger partial charge on any atom is -0.391 e. The number of aliphatic hydroxyl groups is 1. The molecule has 20 heavy (non-hydrogen) atoms. The lowest BCUT2D eigenvalue weighted by Gasteiger charge is -2.29. The maximum Gasteiger partial charge on any atom is 0.296 e. The molecule has 0 unspecified atom stereocenters. The Morgan fingerprint density at radius 1 is 1.50 bits per heavy atom. The molecule has 2 rings (SSSR count). The van der Waals surface area contributed by atoms with Gasteiger partial charge >= 0.3 is 0 Å². The lowest BCUT2D eigenvalue weighted by atomic mass is 10.1. The molecule has 2 N–H and O–H groups in total. The number of anilines is 1. The molecule has 1 heterocycles. The minimum absolute atomic E-state index is 0.0510. The van der Waals surface area contributed by atoms with Crippen LogP contribution in [0.25, 0.3) is 0 Å². The molecule has 9 heteroatoms. The minimum atomic E-state index is -1.37. The van der Waals surface area contributed by atoms with Gasteiger partial charge in [-0.1, -0.05) is 0 Å². The van der Waals surface area contributed by atoms with E-state index in [9.17, 15) is 24.0 Å². The molecule has 6 nitrogen and oxygen atoms in total. The van der Waals surface area contributed by atoms with Crippen LogP contribution in [0.1, 0.15) is 6.42 Å². The third-order valence-corrected chi connectivity index (χ3v) is 3.56. The number of benzene rings is 1. The second-order valence-electron chi connectivity index (χ2n) is 4.32. The van der Waals surface area contributed by atoms with E-state index in [1.165, 1.54) is 0 Å². The Hall–Kier alpha value is -1.32. The zero-order chi connectivity index (χ0) is 14.9. The standard InChI is InChI=1S/C11H11BrF2N2O4/c12-5-3-7(16(18)19)11(10(14)9(5)13)15-6-4-20-2-1-8(6)17/h3,6,8,15,17H,1-2,4H2/t6-,8-/m0/s1. The van der Waals surface area contributed by atoms with Crippen molar-refractivity contribution in [2.75, 3.05) is 18.5 Å². The van der Waals surface area contributed by atoms with Gasteiger partial charge in [0.15, 0.2) is 17.3 Å². The van der Waals surface area contributed by atoms with Crippen LogP contribution in [0.15, 0.2) is 10.5 Å². The van der Waals surface area contributed by atoms with Crippen molar-refractivity contribution in [3.63, 3.8) is 0 Å². The Morgan fingerprint density at radius 3 is 2.80 bits per heavy atom. The SMILES string of the molecule is O=[N+]([O-])c1cc(Br)c(F)c(F)c1N[C@H]1COCC[C@@H]1O. The van der Waals surface area contributed by atoms with Crippen molar-refractivity contribution in [3.05, 3.63) is 32.3 Å². The van der Waals surface area contributed by atoms with Crippen molar-refractivity contribution in [2.45, 2.75) is 18.6 Å². The number of hydrogen-bond donors (Lipinski definition) is 2. The van der Waals surface area contributed by atoms with Crippen LogP contribution < -0.4 is 5.32 Å². The van der Waals surface area contributed by atoms with Gasteiger partial charge in [-0.2, -0.15) is 0 Å². The molecule has 0 aromatic heterocycles. The maximum atomic E-state index is 13.9. The number of halogens is 3. The first-order valence-electron chi connectivity index (χ1n) is 5.76. The molecule has 1 aromatic rings. The lowest BCUT2D eigenvalue weighted by molar-refractivity contribution is -0.384. The number of aliphatic hydroxyl groups excluding tert-OH is 1. The third-order valence-electron chi connectivity index (χ3n) is 2.99. The predicted octanol–water partition coefficient (Wildman–Crippen LogP) is 2.20. The van der Waals surface area contributed by atoms with E-state index in [1.807, 2.05) is 0 Å². The molecule has 1 aliphatic heterocycles. The van der Waals surface area contributed by atoms with Crippen LogP contribution in [0.4, 0.5) is 20.2 Å². The largest absolute Gasteiger partial charge is 0.391 e. The van der Waals surface area contributed by atoms with E-state index in [1.54, 1.807) is 0 Å². The number of nitrogens with zero attached hydrogens (tertiary/aromatic N) is 1. The summed E-state index contributed by atoms with van der Waals surface area (Å²) in [5, 5.41) is 23.1. The summed E-state index contributed by atoms with van der Waals surface area (Å²) < 4.78 is 32.1. The van der Waals surface area contributed by atoms with Gasteiger partial charge in [-0.25, -0.2) is 8.78 Å². The molecule has 0 amide bonds. The van der Waals surface area contributed by atoms with E-state index in [4.69, 9.17) is 4.74 Å². The van der Waals surface area contributed by atoms with E-state index in [0.717, 1.165) is 6.07 Å². The van der Waals surface area contributed by atoms with Crippen LogP contribution in [-0.2, 0) is 4.74 Å². The molecular formula is C11H11BrF2N2O4. The van der Waals surface area contributed by atoms with E-state index >= 15 is 0 Å². The summed E-state index contributed by atoms with van der Waals surface area (Å²) in [5.41, 5.74) is -1.21. The molecule has 1 aromatic carbocycles. The van der Waals surface area contributed by atoms with Crippen LogP contribution >= 0.6 is 15.9 Å². The molecule has 0 spiro atoms. The van der Waals surface area contributed by atoms with E-state index < -0.39 is 40.1 Å². The Bertz CT molecular complexity index is 544. The Balaban J connectivity index is 2.39. The number of rotatable bonds is 3. The molecule has 1 aliphatic rings. The summed E-state index contributed by atoms with van der Waals surface area (Å²) in [7, 11) is 0. The van der Waals surface area contributed by atoms with Crippen LogP contribution in [0.5, 0.6) is 0 Å². The summed E-state index contributed by atoms with van der Waals surface area (Å²) in [6, 6.07) is 0.133. The number of nitro groups is 1. The summed E-state index contributed by atoms with van der Waals surface area (Å²) in [6.07, 6.45) is -0.541. The first-order valence-corrected chi connectivity index (χ1v) is 6.55. The lowest BCUT2D eigenvalue weighted by Crippen LogP contribution is -2.42. The van der Waals surface area contributed by atoms with Crippen molar-refractivity contribution in [3.8, 4) is 0 Å². The highest BCUT2D eigenvalue weighted by Gasteiger charge is 2.30. The van der Waals surface area contributed by atoms with Gasteiger partial charge in [-0.15, -0.1) is 0 Å². The molecule has 110 valence electrons. The predicted molar refractivity (Wildman–Crippen MR) is 69.6 cm³/mol. The number of nitrogens with one attached hydrogen (secondary N) is 1. The molecule has 0 aliphatic carbocycles. The first kappa shape index (κ1) is 15.1. The number of nitro benzene ring substituents is 1. The average molecular weight is 353 g/mol. The van der Waals surface area contributed by atoms with Crippen LogP contribution in [0.3, 0.4) is 0 Å². The van der Waals surface area contributed by atoms with Gasteiger partial charge in [0.25, 0.3) is 5.69 Å². The van der Waals surface area contributed by atoms with Gasteiger partial charge in [0, 0.05) is 12.7 Å². The van der Waals surface area contributed by atoms with Crippen LogP contribution in [0, 0.1) is 21.7 Å². The van der Waals surface area contributed by atoms with Crippen molar-refractivity contribution in [1.82, 2.24) is 0 Å². The average Bonchev–Trinajstić information content (AvgIpc) is 2.41. The topological polar surface area (TPSA) is 84.6 Å². The summed E-state index contributed by atoms with van der Waals surface area (Å²) in [6.45, 7) is 0.397. The molecule has 1 fully saturated rings. The Kier molecular flexibility index (Phi) is 4.51. The van der Waals surface area contributed by atoms with Gasteiger partial charge in [0.1, 0.15) is 0 Å². The molecular weight excluding hydrogens is 342 g/mol. The Labute approximate surface area is 121 Å². The van der Waals surface area contributed by atoms with Crippen molar-refractivity contribution in [2.24, 2.45) is 0 Å². The molecule has 0 saturated carbocycles. The fourth-order valence-corrected chi connectivity index (χ4v) is 2.30. The van der Waals surface area contributed by atoms with Crippen LogP contribution in [0.2, 0.25) is 0 Å². The molecule has 2 atom stereocenters. The second-order valence-corrected chi connectivity index (χ2v) is 5.17. The molecule has 1 saturated heterocycles.